The van der Waals surface area contributed by atoms with Gasteiger partial charge in [0.2, 0.25) is 10.0 Å². The third-order valence-corrected chi connectivity index (χ3v) is 7.47. The molecule has 1 heterocycles. The Morgan fingerprint density at radius 3 is 2.30 bits per heavy atom. The summed E-state index contributed by atoms with van der Waals surface area (Å²) in [4.78, 5) is 17.4. The average Bonchev–Trinajstić information content (AvgIpc) is 3.06. The van der Waals surface area contributed by atoms with Crippen LogP contribution in [0.15, 0.2) is 52.5 Å². The fourth-order valence-corrected chi connectivity index (χ4v) is 5.62. The Balaban J connectivity index is 1.95. The van der Waals surface area contributed by atoms with Crippen LogP contribution in [-0.4, -0.2) is 32.4 Å². The molecule has 0 spiro atoms. The number of nitrogens with one attached hydrogen (secondary N) is 1. The molecule has 158 valence electrons. The molecule has 0 amide bonds. The van der Waals surface area contributed by atoms with Crippen molar-refractivity contribution >= 4 is 42.9 Å². The number of nitrogens with zero attached hydrogens (tertiary/aromatic N) is 2. The maximum Gasteiger partial charge on any atom is 0.243 e. The van der Waals surface area contributed by atoms with Gasteiger partial charge in [0.15, 0.2) is 0 Å². The quantitative estimate of drug-likeness (QED) is 0.327. The van der Waals surface area contributed by atoms with Gasteiger partial charge in [0.25, 0.3) is 0 Å². The number of sulfonamides is 1. The first-order chi connectivity index (χ1) is 14.6. The molecule has 7 nitrogen and oxygen atoms in total. The molecule has 0 unspecified atom stereocenters. The largest absolute Gasteiger partial charge is 0.276 e. The molecule has 1 fully saturated rings. The molecule has 0 atom stereocenters. The van der Waals surface area contributed by atoms with Crippen LogP contribution < -0.4 is 5.48 Å². The lowest BCUT2D eigenvalue weighted by atomic mass is 9.99. The van der Waals surface area contributed by atoms with E-state index in [1.807, 2.05) is 31.2 Å². The summed E-state index contributed by atoms with van der Waals surface area (Å²) in [6.45, 7) is 3.34. The van der Waals surface area contributed by atoms with E-state index in [9.17, 15) is 13.3 Å². The summed E-state index contributed by atoms with van der Waals surface area (Å²) in [7, 11) is -3.63. The zero-order chi connectivity index (χ0) is 21.1. The van der Waals surface area contributed by atoms with Crippen molar-refractivity contribution < 1.29 is 13.3 Å². The summed E-state index contributed by atoms with van der Waals surface area (Å²) in [5.41, 5.74) is 3.87. The van der Waals surface area contributed by atoms with E-state index in [-0.39, 0.29) is 4.90 Å². The minimum Gasteiger partial charge on any atom is -0.276 e. The van der Waals surface area contributed by atoms with E-state index in [0.29, 0.717) is 47.2 Å². The third-order valence-electron chi connectivity index (χ3n) is 5.58. The van der Waals surface area contributed by atoms with Crippen LogP contribution in [-0.2, 0) is 14.9 Å². The first-order valence-corrected chi connectivity index (χ1v) is 11.7. The van der Waals surface area contributed by atoms with Crippen LogP contribution in [0.5, 0.6) is 0 Å². The Hall–Kier alpha value is -2.55. The van der Waals surface area contributed by atoms with Crippen LogP contribution in [0, 0.1) is 4.91 Å². The molecule has 1 N–H and O–H groups in total. The lowest BCUT2D eigenvalue weighted by Crippen LogP contribution is -2.31. The van der Waals surface area contributed by atoms with E-state index in [1.165, 1.54) is 0 Å². The Labute approximate surface area is 176 Å². The topological polar surface area (TPSA) is 88.1 Å². The van der Waals surface area contributed by atoms with E-state index < -0.39 is 10.0 Å². The van der Waals surface area contributed by atoms with E-state index >= 15 is 0 Å². The van der Waals surface area contributed by atoms with Crippen molar-refractivity contribution in [2.24, 2.45) is 5.18 Å². The summed E-state index contributed by atoms with van der Waals surface area (Å²) in [5.74, 6) is 0. The SMILES string of the molecule is CCONc1c2ccccc2c(N=O)c2ccc(S(=O)(=O)N3CCCCCC3)cc12. The smallest absolute Gasteiger partial charge is 0.243 e. The van der Waals surface area contributed by atoms with Gasteiger partial charge in [0.1, 0.15) is 5.69 Å². The van der Waals surface area contributed by atoms with Gasteiger partial charge < -0.3 is 0 Å². The van der Waals surface area contributed by atoms with E-state index in [2.05, 4.69) is 10.7 Å². The highest BCUT2D eigenvalue weighted by Crippen LogP contribution is 2.42. The highest BCUT2D eigenvalue weighted by Gasteiger charge is 2.26. The van der Waals surface area contributed by atoms with Gasteiger partial charge in [-0.05, 0) is 37.1 Å². The second-order valence-corrected chi connectivity index (χ2v) is 9.36. The van der Waals surface area contributed by atoms with Crippen molar-refractivity contribution in [2.75, 3.05) is 25.2 Å². The first-order valence-electron chi connectivity index (χ1n) is 10.3. The number of fused-ring (bicyclic) bond motifs is 2. The number of hydrogen-bond acceptors (Lipinski definition) is 6. The molecule has 0 bridgehead atoms. The normalized spacial score (nSPS) is 15.9. The zero-order valence-electron chi connectivity index (χ0n) is 16.9. The lowest BCUT2D eigenvalue weighted by molar-refractivity contribution is 0.211. The van der Waals surface area contributed by atoms with Gasteiger partial charge >= 0.3 is 0 Å². The first kappa shape index (κ1) is 20.7. The monoisotopic (exact) mass is 427 g/mol. The van der Waals surface area contributed by atoms with Crippen molar-refractivity contribution in [1.82, 2.24) is 4.31 Å². The molecule has 1 aliphatic rings. The number of benzene rings is 3. The van der Waals surface area contributed by atoms with Gasteiger partial charge in [-0.2, -0.15) is 4.31 Å². The molecule has 8 heteroatoms. The summed E-state index contributed by atoms with van der Waals surface area (Å²) < 4.78 is 28.2. The molecule has 3 aromatic carbocycles. The number of hydrogen-bond donors (Lipinski definition) is 1. The van der Waals surface area contributed by atoms with E-state index in [0.717, 1.165) is 31.1 Å². The highest BCUT2D eigenvalue weighted by atomic mass is 32.2. The van der Waals surface area contributed by atoms with Crippen LogP contribution in [0.4, 0.5) is 11.4 Å². The van der Waals surface area contributed by atoms with E-state index in [1.54, 1.807) is 22.5 Å². The molecule has 4 rings (SSSR count). The van der Waals surface area contributed by atoms with Crippen molar-refractivity contribution in [3.8, 4) is 0 Å². The Morgan fingerprint density at radius 1 is 0.967 bits per heavy atom. The van der Waals surface area contributed by atoms with Crippen LogP contribution in [0.3, 0.4) is 0 Å². The molecule has 0 radical (unpaired) electrons. The van der Waals surface area contributed by atoms with Crippen molar-refractivity contribution in [3.05, 3.63) is 47.4 Å². The second kappa shape index (κ2) is 8.67. The molecule has 1 aliphatic heterocycles. The molecule has 30 heavy (non-hydrogen) atoms. The van der Waals surface area contributed by atoms with Gasteiger partial charge in [0.05, 0.1) is 17.2 Å². The fraction of sp³-hybridized carbons (Fsp3) is 0.364. The molecule has 0 aromatic heterocycles. The summed E-state index contributed by atoms with van der Waals surface area (Å²) in [5, 5.41) is 5.87. The molecule has 1 saturated heterocycles. The predicted molar refractivity (Wildman–Crippen MR) is 119 cm³/mol. The number of nitroso groups, excluding NO2 is 1. The molecule has 0 saturated carbocycles. The van der Waals surface area contributed by atoms with Crippen molar-refractivity contribution in [2.45, 2.75) is 37.5 Å². The summed E-state index contributed by atoms with van der Waals surface area (Å²) >= 11 is 0. The van der Waals surface area contributed by atoms with Gasteiger partial charge in [-0.25, -0.2) is 8.42 Å². The standard InChI is InChI=1S/C22H25N3O4S/c1-2-29-24-22-18-10-6-5-9-17(18)21(23-26)19-12-11-16(15-20(19)22)30(27,28)25-13-7-3-4-8-14-25/h5-6,9-12,15,24H,2-4,7-8,13-14H2,1H3. The van der Waals surface area contributed by atoms with Crippen LogP contribution in [0.25, 0.3) is 21.5 Å². The van der Waals surface area contributed by atoms with Crippen LogP contribution >= 0.6 is 0 Å². The lowest BCUT2D eigenvalue weighted by Gasteiger charge is -2.21. The van der Waals surface area contributed by atoms with Gasteiger partial charge in [0, 0.05) is 34.6 Å². The van der Waals surface area contributed by atoms with Gasteiger partial charge in [-0.1, -0.05) is 43.2 Å². The van der Waals surface area contributed by atoms with Gasteiger partial charge in [-0.15, -0.1) is 4.91 Å². The predicted octanol–water partition coefficient (Wildman–Crippen LogP) is 5.32. The zero-order valence-corrected chi connectivity index (χ0v) is 17.7. The minimum absolute atomic E-state index is 0.212. The average molecular weight is 428 g/mol. The molecular weight excluding hydrogens is 402 g/mol. The summed E-state index contributed by atoms with van der Waals surface area (Å²) in [6, 6.07) is 12.2. The molecule has 0 aliphatic carbocycles. The molecule has 3 aromatic rings. The third kappa shape index (κ3) is 3.66. The minimum atomic E-state index is -3.63. The second-order valence-electron chi connectivity index (χ2n) is 7.42. The van der Waals surface area contributed by atoms with Crippen molar-refractivity contribution in [3.63, 3.8) is 0 Å². The van der Waals surface area contributed by atoms with E-state index in [4.69, 9.17) is 4.84 Å². The molecular formula is C22H25N3O4S. The highest BCUT2D eigenvalue weighted by molar-refractivity contribution is 7.89. The maximum absolute atomic E-state index is 13.3. The number of anilines is 1. The Morgan fingerprint density at radius 2 is 1.63 bits per heavy atom. The van der Waals surface area contributed by atoms with Crippen LogP contribution in [0.2, 0.25) is 0 Å². The Kier molecular flexibility index (Phi) is 5.99. The maximum atomic E-state index is 13.3. The van der Waals surface area contributed by atoms with Gasteiger partial charge in [-0.3, -0.25) is 10.3 Å². The van der Waals surface area contributed by atoms with Crippen molar-refractivity contribution in [1.29, 1.82) is 0 Å². The Bertz CT molecular complexity index is 1190. The summed E-state index contributed by atoms with van der Waals surface area (Å²) in [6.07, 6.45) is 3.83. The van der Waals surface area contributed by atoms with Crippen LogP contribution in [0.1, 0.15) is 32.6 Å². The fourth-order valence-electron chi connectivity index (χ4n) is 4.08. The number of rotatable bonds is 6.